The highest BCUT2D eigenvalue weighted by Crippen LogP contribution is 2.54. The number of aromatic nitrogens is 1. The van der Waals surface area contributed by atoms with Crippen molar-refractivity contribution in [2.45, 2.75) is 64.5 Å². The molecule has 2 aliphatic rings. The van der Waals surface area contributed by atoms with Crippen molar-refractivity contribution in [3.63, 3.8) is 0 Å². The van der Waals surface area contributed by atoms with Gasteiger partial charge in [-0.2, -0.15) is 0 Å². The van der Waals surface area contributed by atoms with E-state index in [1.54, 1.807) is 0 Å². The lowest BCUT2D eigenvalue weighted by Crippen LogP contribution is -2.63. The van der Waals surface area contributed by atoms with Gasteiger partial charge in [-0.05, 0) is 45.2 Å². The SMILES string of the molecule is CCO[C@@H]1C[C@H](NC(=O)Cc2csc(-c3ccc(C)o3)n2)C12CCCC2. The summed E-state index contributed by atoms with van der Waals surface area (Å²) in [5.74, 6) is 1.69. The van der Waals surface area contributed by atoms with Gasteiger partial charge in [-0.25, -0.2) is 4.98 Å². The molecule has 0 unspecified atom stereocenters. The first-order valence-electron chi connectivity index (χ1n) is 9.53. The summed E-state index contributed by atoms with van der Waals surface area (Å²) in [7, 11) is 0. The van der Waals surface area contributed by atoms with Gasteiger partial charge < -0.3 is 14.5 Å². The lowest BCUT2D eigenvalue weighted by Gasteiger charge is -2.54. The van der Waals surface area contributed by atoms with Crippen molar-refractivity contribution in [1.29, 1.82) is 0 Å². The fraction of sp³-hybridized carbons (Fsp3) is 0.600. The predicted octanol–water partition coefficient (Wildman–Crippen LogP) is 4.11. The van der Waals surface area contributed by atoms with Crippen LogP contribution in [0.2, 0.25) is 0 Å². The van der Waals surface area contributed by atoms with E-state index in [0.29, 0.717) is 12.5 Å². The number of hydrogen-bond acceptors (Lipinski definition) is 5. The Morgan fingerprint density at radius 1 is 1.42 bits per heavy atom. The normalized spacial score (nSPS) is 23.9. The quantitative estimate of drug-likeness (QED) is 0.826. The standard InChI is InChI=1S/C20H26N2O3S/c1-3-24-17-11-16(20(17)8-4-5-9-20)22-18(23)10-14-12-26-19(21-14)15-7-6-13(2)25-15/h6-7,12,16-17H,3-5,8-11H2,1-2H3,(H,22,23)/t16-,17+/m0/s1. The Kier molecular flexibility index (Phi) is 4.88. The lowest BCUT2D eigenvalue weighted by atomic mass is 9.60. The maximum atomic E-state index is 12.6. The number of carbonyl (C=O) groups excluding carboxylic acids is 1. The zero-order valence-corrected chi connectivity index (χ0v) is 16.2. The number of carbonyl (C=O) groups is 1. The number of amides is 1. The molecule has 2 aromatic heterocycles. The highest BCUT2D eigenvalue weighted by atomic mass is 32.1. The van der Waals surface area contributed by atoms with Gasteiger partial charge >= 0.3 is 0 Å². The molecule has 0 saturated heterocycles. The van der Waals surface area contributed by atoms with Gasteiger partial charge in [-0.1, -0.05) is 12.8 Å². The number of hydrogen-bond donors (Lipinski definition) is 1. The van der Waals surface area contributed by atoms with Crippen LogP contribution in [0.4, 0.5) is 0 Å². The van der Waals surface area contributed by atoms with Crippen LogP contribution in [-0.4, -0.2) is 29.6 Å². The Labute approximate surface area is 158 Å². The Morgan fingerprint density at radius 2 is 2.23 bits per heavy atom. The fourth-order valence-corrected chi connectivity index (χ4v) is 5.33. The summed E-state index contributed by atoms with van der Waals surface area (Å²) in [6.07, 6.45) is 6.40. The Balaban J connectivity index is 1.36. The summed E-state index contributed by atoms with van der Waals surface area (Å²) < 4.78 is 11.5. The van der Waals surface area contributed by atoms with Crippen molar-refractivity contribution in [2.75, 3.05) is 6.61 Å². The first kappa shape index (κ1) is 17.7. The largest absolute Gasteiger partial charge is 0.459 e. The minimum absolute atomic E-state index is 0.0590. The second-order valence-electron chi connectivity index (χ2n) is 7.47. The van der Waals surface area contributed by atoms with Crippen molar-refractivity contribution >= 4 is 17.2 Å². The van der Waals surface area contributed by atoms with Gasteiger partial charge in [0.2, 0.25) is 5.91 Å². The van der Waals surface area contributed by atoms with Crippen LogP contribution < -0.4 is 5.32 Å². The van der Waals surface area contributed by atoms with Gasteiger partial charge in [0, 0.05) is 23.4 Å². The molecule has 0 aromatic carbocycles. The van der Waals surface area contributed by atoms with Crippen molar-refractivity contribution in [2.24, 2.45) is 5.41 Å². The zero-order chi connectivity index (χ0) is 18.1. The van der Waals surface area contributed by atoms with Gasteiger partial charge in [-0.15, -0.1) is 11.3 Å². The molecule has 2 fully saturated rings. The number of nitrogens with zero attached hydrogens (tertiary/aromatic N) is 1. The first-order valence-corrected chi connectivity index (χ1v) is 10.4. The van der Waals surface area contributed by atoms with Crippen molar-refractivity contribution < 1.29 is 13.9 Å². The summed E-state index contributed by atoms with van der Waals surface area (Å²) in [6, 6.07) is 4.10. The molecule has 2 heterocycles. The summed E-state index contributed by atoms with van der Waals surface area (Å²) in [6.45, 7) is 4.72. The molecular weight excluding hydrogens is 348 g/mol. The molecule has 26 heavy (non-hydrogen) atoms. The molecule has 2 aromatic rings. The number of furan rings is 1. The first-order chi connectivity index (χ1) is 12.6. The predicted molar refractivity (Wildman–Crippen MR) is 101 cm³/mol. The van der Waals surface area contributed by atoms with Crippen LogP contribution in [0.15, 0.2) is 21.9 Å². The average molecular weight is 375 g/mol. The van der Waals surface area contributed by atoms with Crippen LogP contribution in [0.3, 0.4) is 0 Å². The molecule has 5 nitrogen and oxygen atoms in total. The molecule has 1 spiro atoms. The van der Waals surface area contributed by atoms with Gasteiger partial charge in [0.1, 0.15) is 5.76 Å². The smallest absolute Gasteiger partial charge is 0.226 e. The molecule has 6 heteroatoms. The maximum Gasteiger partial charge on any atom is 0.226 e. The zero-order valence-electron chi connectivity index (χ0n) is 15.4. The summed E-state index contributed by atoms with van der Waals surface area (Å²) in [5, 5.41) is 6.03. The molecule has 0 bridgehead atoms. The number of rotatable bonds is 6. The summed E-state index contributed by atoms with van der Waals surface area (Å²) in [5.41, 5.74) is 0.975. The number of thiazole rings is 1. The molecule has 1 N–H and O–H groups in total. The molecule has 2 aliphatic carbocycles. The minimum Gasteiger partial charge on any atom is -0.459 e. The second kappa shape index (κ2) is 7.16. The van der Waals surface area contributed by atoms with Crippen molar-refractivity contribution in [3.05, 3.63) is 29.0 Å². The highest BCUT2D eigenvalue weighted by molar-refractivity contribution is 7.13. The number of nitrogens with one attached hydrogen (secondary N) is 1. The third-order valence-corrected chi connectivity index (χ3v) is 6.77. The van der Waals surface area contributed by atoms with E-state index in [-0.39, 0.29) is 17.4 Å². The van der Waals surface area contributed by atoms with Crippen LogP contribution >= 0.6 is 11.3 Å². The van der Waals surface area contributed by atoms with E-state index in [0.717, 1.165) is 35.2 Å². The van der Waals surface area contributed by atoms with Crippen LogP contribution in [0.1, 0.15) is 50.5 Å². The van der Waals surface area contributed by atoms with E-state index in [1.165, 1.54) is 37.0 Å². The third-order valence-electron chi connectivity index (χ3n) is 5.87. The summed E-state index contributed by atoms with van der Waals surface area (Å²) in [4.78, 5) is 17.1. The number of aryl methyl sites for hydroxylation is 1. The fourth-order valence-electron chi connectivity index (χ4n) is 4.55. The Morgan fingerprint density at radius 3 is 2.92 bits per heavy atom. The summed E-state index contributed by atoms with van der Waals surface area (Å²) >= 11 is 1.52. The van der Waals surface area contributed by atoms with Crippen LogP contribution in [-0.2, 0) is 16.0 Å². The van der Waals surface area contributed by atoms with E-state index < -0.39 is 0 Å². The molecule has 0 radical (unpaired) electrons. The van der Waals surface area contributed by atoms with Gasteiger partial charge in [0.25, 0.3) is 0 Å². The minimum atomic E-state index is 0.0590. The van der Waals surface area contributed by atoms with E-state index in [1.807, 2.05) is 24.4 Å². The van der Waals surface area contributed by atoms with Gasteiger partial charge in [0.05, 0.1) is 18.2 Å². The Hall–Kier alpha value is -1.66. The van der Waals surface area contributed by atoms with E-state index >= 15 is 0 Å². The van der Waals surface area contributed by atoms with Gasteiger partial charge in [0.15, 0.2) is 10.8 Å². The van der Waals surface area contributed by atoms with E-state index in [9.17, 15) is 4.79 Å². The monoisotopic (exact) mass is 374 g/mol. The molecule has 2 atom stereocenters. The lowest BCUT2D eigenvalue weighted by molar-refractivity contribution is -0.143. The molecule has 4 rings (SSSR count). The molecular formula is C20H26N2O3S. The third kappa shape index (κ3) is 3.21. The van der Waals surface area contributed by atoms with Crippen molar-refractivity contribution in [1.82, 2.24) is 10.3 Å². The van der Waals surface area contributed by atoms with Crippen molar-refractivity contribution in [3.8, 4) is 10.8 Å². The molecule has 0 aliphatic heterocycles. The molecule has 1 amide bonds. The van der Waals surface area contributed by atoms with Gasteiger partial charge in [-0.3, -0.25) is 4.79 Å². The average Bonchev–Trinajstić information content (AvgIpc) is 3.34. The molecule has 2 saturated carbocycles. The van der Waals surface area contributed by atoms with Crippen LogP contribution in [0.25, 0.3) is 10.8 Å². The van der Waals surface area contributed by atoms with Crippen LogP contribution in [0, 0.1) is 12.3 Å². The number of ether oxygens (including phenoxy) is 1. The topological polar surface area (TPSA) is 64.4 Å². The van der Waals surface area contributed by atoms with E-state index in [4.69, 9.17) is 9.15 Å². The maximum absolute atomic E-state index is 12.6. The highest BCUT2D eigenvalue weighted by Gasteiger charge is 2.57. The van der Waals surface area contributed by atoms with Crippen LogP contribution in [0.5, 0.6) is 0 Å². The second-order valence-corrected chi connectivity index (χ2v) is 8.33. The Bertz CT molecular complexity index is 776. The van der Waals surface area contributed by atoms with E-state index in [2.05, 4.69) is 17.2 Å². The molecule has 140 valence electrons.